The minimum Gasteiger partial charge on any atom is -0.472 e. The van der Waals surface area contributed by atoms with E-state index in [1.807, 2.05) is 19.1 Å². The first-order chi connectivity index (χ1) is 12.1. The van der Waals surface area contributed by atoms with E-state index in [1.165, 1.54) is 6.07 Å². The van der Waals surface area contributed by atoms with Gasteiger partial charge in [0.15, 0.2) is 5.82 Å². The Labute approximate surface area is 146 Å². The van der Waals surface area contributed by atoms with Crippen LogP contribution in [0.1, 0.15) is 24.2 Å². The van der Waals surface area contributed by atoms with Gasteiger partial charge in [-0.2, -0.15) is 0 Å². The summed E-state index contributed by atoms with van der Waals surface area (Å²) in [6, 6.07) is 9.03. The largest absolute Gasteiger partial charge is 0.472 e. The first kappa shape index (κ1) is 16.4. The maximum Gasteiger partial charge on any atom is 0.250 e. The second-order valence-electron chi connectivity index (χ2n) is 6.97. The molecule has 1 spiro atoms. The summed E-state index contributed by atoms with van der Waals surface area (Å²) in [4.78, 5) is 10.9. The highest BCUT2D eigenvalue weighted by Crippen LogP contribution is 2.36. The summed E-state index contributed by atoms with van der Waals surface area (Å²) in [6.07, 6.45) is 3.02. The Morgan fingerprint density at radius 3 is 3.00 bits per heavy atom. The van der Waals surface area contributed by atoms with Crippen molar-refractivity contribution >= 4 is 0 Å². The standard InChI is InChI=1S/C19H22FN3O2/c1-14-4-2-5-15(22-14)11-23-12-19(13-23)10-16(7-9-24-19)25-18-17(20)6-3-8-21-18/h2-6,8,16H,7,9-13H2,1H3/t16-/m1/s1. The highest BCUT2D eigenvalue weighted by Gasteiger charge is 2.48. The second-order valence-corrected chi connectivity index (χ2v) is 6.97. The molecular formula is C19H22FN3O2. The molecule has 5 nitrogen and oxygen atoms in total. The summed E-state index contributed by atoms with van der Waals surface area (Å²) in [7, 11) is 0. The average molecular weight is 343 g/mol. The van der Waals surface area contributed by atoms with Crippen molar-refractivity contribution in [3.8, 4) is 5.88 Å². The zero-order valence-corrected chi connectivity index (χ0v) is 14.3. The summed E-state index contributed by atoms with van der Waals surface area (Å²) in [6.45, 7) is 5.17. The molecule has 0 unspecified atom stereocenters. The van der Waals surface area contributed by atoms with Crippen LogP contribution in [0.25, 0.3) is 0 Å². The molecule has 1 atom stereocenters. The normalized spacial score (nSPS) is 22.6. The van der Waals surface area contributed by atoms with Gasteiger partial charge in [-0.1, -0.05) is 6.07 Å². The molecule has 0 radical (unpaired) electrons. The Morgan fingerprint density at radius 2 is 2.20 bits per heavy atom. The fraction of sp³-hybridized carbons (Fsp3) is 0.474. The predicted molar refractivity (Wildman–Crippen MR) is 90.8 cm³/mol. The monoisotopic (exact) mass is 343 g/mol. The molecule has 0 aromatic carbocycles. The Morgan fingerprint density at radius 1 is 1.32 bits per heavy atom. The molecule has 0 bridgehead atoms. The lowest BCUT2D eigenvalue weighted by Gasteiger charge is -2.53. The van der Waals surface area contributed by atoms with Crippen molar-refractivity contribution < 1.29 is 13.9 Å². The first-order valence-electron chi connectivity index (χ1n) is 8.68. The third kappa shape index (κ3) is 3.65. The molecule has 2 fully saturated rings. The zero-order valence-electron chi connectivity index (χ0n) is 14.3. The number of likely N-dealkylation sites (tertiary alicyclic amines) is 1. The number of hydrogen-bond donors (Lipinski definition) is 0. The number of pyridine rings is 2. The molecule has 2 saturated heterocycles. The molecule has 4 heterocycles. The van der Waals surface area contributed by atoms with Crippen LogP contribution in [0.5, 0.6) is 5.88 Å². The van der Waals surface area contributed by atoms with Crippen molar-refractivity contribution in [3.63, 3.8) is 0 Å². The molecule has 0 aliphatic carbocycles. The van der Waals surface area contributed by atoms with Crippen LogP contribution in [0.15, 0.2) is 36.5 Å². The number of nitrogens with zero attached hydrogens (tertiary/aromatic N) is 3. The van der Waals surface area contributed by atoms with E-state index >= 15 is 0 Å². The van der Waals surface area contributed by atoms with Crippen LogP contribution >= 0.6 is 0 Å². The third-order valence-electron chi connectivity index (χ3n) is 4.81. The Balaban J connectivity index is 1.34. The van der Waals surface area contributed by atoms with Crippen molar-refractivity contribution in [3.05, 3.63) is 53.7 Å². The lowest BCUT2D eigenvalue weighted by atomic mass is 9.84. The molecule has 0 amide bonds. The van der Waals surface area contributed by atoms with E-state index < -0.39 is 5.82 Å². The summed E-state index contributed by atoms with van der Waals surface area (Å²) >= 11 is 0. The fourth-order valence-electron chi connectivity index (χ4n) is 3.72. The fourth-order valence-corrected chi connectivity index (χ4v) is 3.72. The van der Waals surface area contributed by atoms with Gasteiger partial charge in [0.25, 0.3) is 5.88 Å². The minimum atomic E-state index is -0.413. The van der Waals surface area contributed by atoms with Crippen LogP contribution in [0.3, 0.4) is 0 Å². The predicted octanol–water partition coefficient (Wildman–Crippen LogP) is 2.74. The summed E-state index contributed by atoms with van der Waals surface area (Å²) < 4.78 is 25.6. The molecule has 0 saturated carbocycles. The van der Waals surface area contributed by atoms with Gasteiger partial charge in [-0.3, -0.25) is 9.88 Å². The van der Waals surface area contributed by atoms with Gasteiger partial charge in [0.2, 0.25) is 0 Å². The third-order valence-corrected chi connectivity index (χ3v) is 4.81. The molecule has 2 aliphatic rings. The van der Waals surface area contributed by atoms with E-state index in [1.54, 1.807) is 12.3 Å². The Bertz CT molecular complexity index is 749. The molecule has 6 heteroatoms. The van der Waals surface area contributed by atoms with E-state index in [0.29, 0.717) is 6.61 Å². The number of aromatic nitrogens is 2. The SMILES string of the molecule is Cc1cccc(CN2CC3(C[C@H](Oc4ncccc4F)CCO3)C2)n1. The van der Waals surface area contributed by atoms with Crippen LogP contribution in [0.2, 0.25) is 0 Å². The van der Waals surface area contributed by atoms with Crippen molar-refractivity contribution in [1.29, 1.82) is 0 Å². The molecular weight excluding hydrogens is 321 g/mol. The zero-order chi connectivity index (χ0) is 17.3. The van der Waals surface area contributed by atoms with Gasteiger partial charge in [-0.05, 0) is 31.2 Å². The Hall–Kier alpha value is -2.05. The molecule has 2 aliphatic heterocycles. The van der Waals surface area contributed by atoms with E-state index in [9.17, 15) is 4.39 Å². The van der Waals surface area contributed by atoms with Gasteiger partial charge in [0, 0.05) is 44.4 Å². The summed E-state index contributed by atoms with van der Waals surface area (Å²) in [5, 5.41) is 0. The Kier molecular flexibility index (Phi) is 4.39. The highest BCUT2D eigenvalue weighted by molar-refractivity contribution is 5.14. The van der Waals surface area contributed by atoms with E-state index in [2.05, 4.69) is 20.9 Å². The van der Waals surface area contributed by atoms with Crippen molar-refractivity contribution in [2.45, 2.75) is 38.0 Å². The van der Waals surface area contributed by atoms with Crippen LogP contribution < -0.4 is 4.74 Å². The van der Waals surface area contributed by atoms with E-state index in [-0.39, 0.29) is 17.6 Å². The van der Waals surface area contributed by atoms with E-state index in [4.69, 9.17) is 9.47 Å². The molecule has 25 heavy (non-hydrogen) atoms. The molecule has 2 aromatic rings. The maximum atomic E-state index is 13.7. The van der Waals surface area contributed by atoms with Gasteiger partial charge in [0.05, 0.1) is 17.9 Å². The highest BCUT2D eigenvalue weighted by atomic mass is 19.1. The van der Waals surface area contributed by atoms with Crippen molar-refractivity contribution in [2.75, 3.05) is 19.7 Å². The lowest BCUT2D eigenvalue weighted by Crippen LogP contribution is -2.65. The van der Waals surface area contributed by atoms with Crippen LogP contribution in [-0.4, -0.2) is 46.3 Å². The maximum absolute atomic E-state index is 13.7. The van der Waals surface area contributed by atoms with Gasteiger partial charge in [0.1, 0.15) is 6.10 Å². The number of aryl methyl sites for hydroxylation is 1. The summed E-state index contributed by atoms with van der Waals surface area (Å²) in [5.41, 5.74) is 1.93. The minimum absolute atomic E-state index is 0.0580. The van der Waals surface area contributed by atoms with Crippen LogP contribution in [0, 0.1) is 12.7 Å². The van der Waals surface area contributed by atoms with Crippen molar-refractivity contribution in [2.24, 2.45) is 0 Å². The topological polar surface area (TPSA) is 47.5 Å². The second kappa shape index (κ2) is 6.69. The number of hydrogen-bond acceptors (Lipinski definition) is 5. The number of halogens is 1. The smallest absolute Gasteiger partial charge is 0.250 e. The van der Waals surface area contributed by atoms with Gasteiger partial charge >= 0.3 is 0 Å². The number of ether oxygens (including phenoxy) is 2. The van der Waals surface area contributed by atoms with Crippen LogP contribution in [0.4, 0.5) is 4.39 Å². The molecule has 132 valence electrons. The van der Waals surface area contributed by atoms with Gasteiger partial charge in [-0.25, -0.2) is 9.37 Å². The summed E-state index contributed by atoms with van der Waals surface area (Å²) in [5.74, 6) is -0.325. The average Bonchev–Trinajstić information content (AvgIpc) is 2.56. The number of rotatable bonds is 4. The van der Waals surface area contributed by atoms with Gasteiger partial charge in [-0.15, -0.1) is 0 Å². The van der Waals surface area contributed by atoms with Crippen LogP contribution in [-0.2, 0) is 11.3 Å². The first-order valence-corrected chi connectivity index (χ1v) is 8.68. The van der Waals surface area contributed by atoms with Crippen molar-refractivity contribution in [1.82, 2.24) is 14.9 Å². The lowest BCUT2D eigenvalue weighted by molar-refractivity contribution is -0.188. The van der Waals surface area contributed by atoms with E-state index in [0.717, 1.165) is 43.9 Å². The molecule has 4 rings (SSSR count). The van der Waals surface area contributed by atoms with Gasteiger partial charge < -0.3 is 9.47 Å². The molecule has 0 N–H and O–H groups in total. The quantitative estimate of drug-likeness (QED) is 0.854. The molecule has 2 aromatic heterocycles.